The molecular weight excluding hydrogens is 352 g/mol. The predicted octanol–water partition coefficient (Wildman–Crippen LogP) is 3.71. The highest BCUT2D eigenvalue weighted by molar-refractivity contribution is 5.87. The van der Waals surface area contributed by atoms with E-state index in [2.05, 4.69) is 5.32 Å². The average molecular weight is 383 g/mol. The van der Waals surface area contributed by atoms with Crippen molar-refractivity contribution in [1.82, 2.24) is 10.2 Å². The molecule has 28 heavy (non-hydrogen) atoms. The number of nitrogens with zero attached hydrogens (tertiary/aromatic N) is 1. The van der Waals surface area contributed by atoms with Crippen molar-refractivity contribution >= 4 is 11.8 Å². The lowest BCUT2D eigenvalue weighted by atomic mass is 10.1. The highest BCUT2D eigenvalue weighted by Crippen LogP contribution is 2.15. The van der Waals surface area contributed by atoms with Crippen LogP contribution in [0.5, 0.6) is 5.75 Å². The Labute approximate surface area is 167 Å². The molecule has 0 spiro atoms. The first-order chi connectivity index (χ1) is 13.5. The van der Waals surface area contributed by atoms with Crippen LogP contribution in [0, 0.1) is 6.92 Å². The molecular formula is C23H30N2O3. The molecule has 1 N–H and O–H groups in total. The second-order valence-electron chi connectivity index (χ2n) is 6.81. The Morgan fingerprint density at radius 3 is 2.36 bits per heavy atom. The summed E-state index contributed by atoms with van der Waals surface area (Å²) in [7, 11) is 1.60. The van der Waals surface area contributed by atoms with Gasteiger partial charge in [0.25, 0.3) is 0 Å². The van der Waals surface area contributed by atoms with Crippen LogP contribution in [0.3, 0.4) is 0 Å². The molecule has 0 radical (unpaired) electrons. The van der Waals surface area contributed by atoms with E-state index in [0.29, 0.717) is 32.4 Å². The number of likely N-dealkylation sites (N-methyl/N-ethyl adjacent to an activating group) is 1. The van der Waals surface area contributed by atoms with Gasteiger partial charge in [-0.05, 0) is 37.5 Å². The molecule has 2 aromatic carbocycles. The highest BCUT2D eigenvalue weighted by atomic mass is 16.5. The van der Waals surface area contributed by atoms with Crippen molar-refractivity contribution in [3.05, 3.63) is 65.7 Å². The van der Waals surface area contributed by atoms with Crippen LogP contribution in [0.15, 0.2) is 54.6 Å². The summed E-state index contributed by atoms with van der Waals surface area (Å²) >= 11 is 0. The summed E-state index contributed by atoms with van der Waals surface area (Å²) in [5.74, 6) is 0.630. The molecule has 0 bridgehead atoms. The van der Waals surface area contributed by atoms with E-state index in [-0.39, 0.29) is 11.8 Å². The Morgan fingerprint density at radius 2 is 1.75 bits per heavy atom. The summed E-state index contributed by atoms with van der Waals surface area (Å²) in [6.45, 7) is 4.83. The second kappa shape index (κ2) is 11.1. The van der Waals surface area contributed by atoms with Crippen molar-refractivity contribution < 1.29 is 14.3 Å². The molecule has 0 aliphatic rings. The fraction of sp³-hybridized carbons (Fsp3) is 0.391. The fourth-order valence-electron chi connectivity index (χ4n) is 3.06. The third-order valence-corrected chi connectivity index (χ3v) is 4.65. The SMILES string of the molecule is CC[C@H](C(=O)NC)N(Cc1ccccc1)C(=O)CCCOc1ccc(C)cc1. The molecule has 5 heteroatoms. The van der Waals surface area contributed by atoms with Crippen LogP contribution in [-0.4, -0.2) is 36.4 Å². The number of ether oxygens (including phenoxy) is 1. The second-order valence-corrected chi connectivity index (χ2v) is 6.81. The number of amides is 2. The molecule has 0 saturated heterocycles. The summed E-state index contributed by atoms with van der Waals surface area (Å²) in [6, 6.07) is 17.1. The van der Waals surface area contributed by atoms with Gasteiger partial charge in [0.15, 0.2) is 0 Å². The number of aryl methyl sites for hydroxylation is 1. The van der Waals surface area contributed by atoms with Crippen molar-refractivity contribution in [1.29, 1.82) is 0 Å². The largest absolute Gasteiger partial charge is 0.494 e. The molecule has 0 aromatic heterocycles. The first kappa shape index (κ1) is 21.5. The van der Waals surface area contributed by atoms with Gasteiger partial charge in [-0.1, -0.05) is 55.0 Å². The van der Waals surface area contributed by atoms with Crippen LogP contribution in [0.2, 0.25) is 0 Å². The Balaban J connectivity index is 1.97. The molecule has 0 unspecified atom stereocenters. The minimum atomic E-state index is -0.476. The molecule has 0 aliphatic heterocycles. The van der Waals surface area contributed by atoms with Gasteiger partial charge in [0.05, 0.1) is 6.61 Å². The molecule has 1 atom stereocenters. The topological polar surface area (TPSA) is 58.6 Å². The smallest absolute Gasteiger partial charge is 0.242 e. The lowest BCUT2D eigenvalue weighted by Crippen LogP contribution is -2.48. The van der Waals surface area contributed by atoms with Crippen molar-refractivity contribution in [3.63, 3.8) is 0 Å². The van der Waals surface area contributed by atoms with E-state index in [4.69, 9.17) is 4.74 Å². The van der Waals surface area contributed by atoms with E-state index in [0.717, 1.165) is 11.3 Å². The summed E-state index contributed by atoms with van der Waals surface area (Å²) < 4.78 is 5.71. The number of carbonyl (C=O) groups excluding carboxylic acids is 2. The zero-order valence-corrected chi connectivity index (χ0v) is 17.0. The average Bonchev–Trinajstić information content (AvgIpc) is 2.72. The van der Waals surface area contributed by atoms with Crippen LogP contribution < -0.4 is 10.1 Å². The zero-order chi connectivity index (χ0) is 20.4. The summed E-state index contributed by atoms with van der Waals surface area (Å²) in [5.41, 5.74) is 2.19. The number of benzene rings is 2. The lowest BCUT2D eigenvalue weighted by molar-refractivity contribution is -0.141. The van der Waals surface area contributed by atoms with Crippen LogP contribution in [0.4, 0.5) is 0 Å². The minimum Gasteiger partial charge on any atom is -0.494 e. The quantitative estimate of drug-likeness (QED) is 0.637. The van der Waals surface area contributed by atoms with Crippen LogP contribution in [-0.2, 0) is 16.1 Å². The zero-order valence-electron chi connectivity index (χ0n) is 17.0. The van der Waals surface area contributed by atoms with E-state index in [1.165, 1.54) is 5.56 Å². The molecule has 2 rings (SSSR count). The Kier molecular flexibility index (Phi) is 8.53. The van der Waals surface area contributed by atoms with Crippen LogP contribution in [0.1, 0.15) is 37.3 Å². The fourth-order valence-corrected chi connectivity index (χ4v) is 3.06. The van der Waals surface area contributed by atoms with Gasteiger partial charge in [-0.15, -0.1) is 0 Å². The summed E-state index contributed by atoms with van der Waals surface area (Å²) in [6.07, 6.45) is 1.51. The molecule has 0 heterocycles. The minimum absolute atomic E-state index is 0.0354. The monoisotopic (exact) mass is 382 g/mol. The molecule has 5 nitrogen and oxygen atoms in total. The van der Waals surface area contributed by atoms with Gasteiger partial charge in [-0.25, -0.2) is 0 Å². The molecule has 2 amide bonds. The third-order valence-electron chi connectivity index (χ3n) is 4.65. The van der Waals surface area contributed by atoms with E-state index < -0.39 is 6.04 Å². The first-order valence-electron chi connectivity index (χ1n) is 9.79. The Morgan fingerprint density at radius 1 is 1.07 bits per heavy atom. The van der Waals surface area contributed by atoms with E-state index in [1.807, 2.05) is 68.4 Å². The van der Waals surface area contributed by atoms with E-state index in [9.17, 15) is 9.59 Å². The normalized spacial score (nSPS) is 11.5. The van der Waals surface area contributed by atoms with Gasteiger partial charge < -0.3 is 15.0 Å². The first-order valence-corrected chi connectivity index (χ1v) is 9.79. The van der Waals surface area contributed by atoms with Crippen LogP contribution in [0.25, 0.3) is 0 Å². The molecule has 150 valence electrons. The van der Waals surface area contributed by atoms with Crippen molar-refractivity contribution in [2.24, 2.45) is 0 Å². The number of rotatable bonds is 10. The maximum atomic E-state index is 12.9. The molecule has 2 aromatic rings. The van der Waals surface area contributed by atoms with Crippen molar-refractivity contribution in [2.45, 2.75) is 45.7 Å². The highest BCUT2D eigenvalue weighted by Gasteiger charge is 2.27. The maximum Gasteiger partial charge on any atom is 0.242 e. The van der Waals surface area contributed by atoms with Gasteiger partial charge in [-0.2, -0.15) is 0 Å². The van der Waals surface area contributed by atoms with Crippen LogP contribution >= 0.6 is 0 Å². The van der Waals surface area contributed by atoms with Gasteiger partial charge in [0.2, 0.25) is 11.8 Å². The molecule has 0 saturated carbocycles. The lowest BCUT2D eigenvalue weighted by Gasteiger charge is -2.30. The van der Waals surface area contributed by atoms with Gasteiger partial charge >= 0.3 is 0 Å². The van der Waals surface area contributed by atoms with E-state index >= 15 is 0 Å². The van der Waals surface area contributed by atoms with Gasteiger partial charge in [0, 0.05) is 20.0 Å². The number of hydrogen-bond acceptors (Lipinski definition) is 3. The summed E-state index contributed by atoms with van der Waals surface area (Å²) in [5, 5.41) is 2.67. The predicted molar refractivity (Wildman–Crippen MR) is 111 cm³/mol. The number of nitrogens with one attached hydrogen (secondary N) is 1. The molecule has 0 aliphatic carbocycles. The van der Waals surface area contributed by atoms with Gasteiger partial charge in [0.1, 0.15) is 11.8 Å². The third kappa shape index (κ3) is 6.41. The number of hydrogen-bond donors (Lipinski definition) is 1. The summed E-state index contributed by atoms with van der Waals surface area (Å²) in [4.78, 5) is 26.9. The standard InChI is InChI=1S/C23H30N2O3/c1-4-21(23(27)24-3)25(17-19-9-6-5-7-10-19)22(26)11-8-16-28-20-14-12-18(2)13-15-20/h5-7,9-10,12-15,21H,4,8,11,16-17H2,1-3H3,(H,24,27)/t21-/m1/s1. The number of carbonyl (C=O) groups is 2. The molecule has 0 fully saturated rings. The Bertz CT molecular complexity index is 744. The van der Waals surface area contributed by atoms with Gasteiger partial charge in [-0.3, -0.25) is 9.59 Å². The van der Waals surface area contributed by atoms with Crippen molar-refractivity contribution in [2.75, 3.05) is 13.7 Å². The van der Waals surface area contributed by atoms with Crippen molar-refractivity contribution in [3.8, 4) is 5.75 Å². The maximum absolute atomic E-state index is 12.9. The Hall–Kier alpha value is -2.82. The van der Waals surface area contributed by atoms with E-state index in [1.54, 1.807) is 11.9 Å².